The van der Waals surface area contributed by atoms with E-state index in [1.165, 1.54) is 0 Å². The average molecular weight is 331 g/mol. The molecule has 4 nitrogen and oxygen atoms in total. The molecule has 120 valence electrons. The number of benzene rings is 1. The molecule has 0 atom stereocenters. The van der Waals surface area contributed by atoms with Gasteiger partial charge in [-0.05, 0) is 43.4 Å². The van der Waals surface area contributed by atoms with Crippen LogP contribution in [-0.4, -0.2) is 22.0 Å². The van der Waals surface area contributed by atoms with E-state index in [4.69, 9.17) is 11.6 Å². The summed E-state index contributed by atoms with van der Waals surface area (Å²) in [7, 11) is 0. The monoisotopic (exact) mass is 330 g/mol. The fraction of sp³-hybridized carbons (Fsp3) is 0.333. The lowest BCUT2D eigenvalue weighted by molar-refractivity contribution is -0.00805. The maximum Gasteiger partial charge on any atom is 0.271 e. The van der Waals surface area contributed by atoms with Gasteiger partial charge >= 0.3 is 0 Å². The summed E-state index contributed by atoms with van der Waals surface area (Å²) >= 11 is 6.00. The average Bonchev–Trinajstić information content (AvgIpc) is 2.58. The highest BCUT2D eigenvalue weighted by Gasteiger charge is 2.35. The van der Waals surface area contributed by atoms with Crippen molar-refractivity contribution in [1.29, 1.82) is 0 Å². The van der Waals surface area contributed by atoms with Gasteiger partial charge in [-0.1, -0.05) is 41.9 Å². The van der Waals surface area contributed by atoms with Gasteiger partial charge in [-0.15, -0.1) is 0 Å². The summed E-state index contributed by atoms with van der Waals surface area (Å²) in [5.74, 6) is -0.259. The molecule has 1 aliphatic rings. The Morgan fingerprint density at radius 2 is 1.87 bits per heavy atom. The van der Waals surface area contributed by atoms with Crippen molar-refractivity contribution < 1.29 is 9.90 Å². The maximum absolute atomic E-state index is 12.2. The van der Waals surface area contributed by atoms with E-state index in [-0.39, 0.29) is 17.6 Å². The second-order valence-electron chi connectivity index (χ2n) is 5.98. The smallest absolute Gasteiger partial charge is 0.271 e. The Labute approximate surface area is 140 Å². The lowest BCUT2D eigenvalue weighted by Gasteiger charge is -2.36. The Morgan fingerprint density at radius 3 is 2.52 bits per heavy atom. The van der Waals surface area contributed by atoms with E-state index in [1.54, 1.807) is 18.3 Å². The summed E-state index contributed by atoms with van der Waals surface area (Å²) in [5.41, 5.74) is 0.390. The molecule has 23 heavy (non-hydrogen) atoms. The first kappa shape index (κ1) is 16.0. The minimum absolute atomic E-state index is 0.0320. The van der Waals surface area contributed by atoms with Gasteiger partial charge in [-0.3, -0.25) is 4.79 Å². The van der Waals surface area contributed by atoms with Crippen molar-refractivity contribution >= 4 is 17.5 Å². The first-order valence-corrected chi connectivity index (χ1v) is 8.15. The third-order valence-electron chi connectivity index (χ3n) is 4.43. The van der Waals surface area contributed by atoms with Gasteiger partial charge in [0.2, 0.25) is 0 Å². The molecule has 1 saturated carbocycles. The molecule has 0 radical (unpaired) electrons. The Bertz CT molecular complexity index is 682. The third-order valence-corrected chi connectivity index (χ3v) is 4.74. The predicted octanol–water partition coefficient (Wildman–Crippen LogP) is 3.30. The van der Waals surface area contributed by atoms with Gasteiger partial charge in [-0.25, -0.2) is 4.98 Å². The minimum Gasteiger partial charge on any atom is -0.385 e. The number of halogens is 1. The molecule has 1 fully saturated rings. The first-order chi connectivity index (χ1) is 11.1. The second kappa shape index (κ2) is 6.69. The largest absolute Gasteiger partial charge is 0.385 e. The number of hydrogen-bond acceptors (Lipinski definition) is 3. The Balaban J connectivity index is 1.62. The summed E-state index contributed by atoms with van der Waals surface area (Å²) in [5, 5.41) is 14.1. The molecule has 0 spiro atoms. The van der Waals surface area contributed by atoms with Crippen molar-refractivity contribution in [3.05, 3.63) is 64.9 Å². The van der Waals surface area contributed by atoms with Crippen molar-refractivity contribution in [2.75, 3.05) is 0 Å². The van der Waals surface area contributed by atoms with Crippen LogP contribution >= 0.6 is 11.6 Å². The topological polar surface area (TPSA) is 62.2 Å². The quantitative estimate of drug-likeness (QED) is 0.907. The van der Waals surface area contributed by atoms with Crippen LogP contribution in [0.4, 0.5) is 0 Å². The fourth-order valence-corrected chi connectivity index (χ4v) is 3.29. The van der Waals surface area contributed by atoms with Gasteiger partial charge < -0.3 is 10.4 Å². The SMILES string of the molecule is O=C(NC1CCC(O)(c2ccccc2)CC1)c1ncccc1Cl. The van der Waals surface area contributed by atoms with E-state index in [9.17, 15) is 9.90 Å². The van der Waals surface area contributed by atoms with Crippen LogP contribution < -0.4 is 5.32 Å². The second-order valence-corrected chi connectivity index (χ2v) is 6.39. The normalized spacial score (nSPS) is 24.2. The standard InChI is InChI=1S/C18H19ClN2O2/c19-15-7-4-12-20-16(15)17(22)21-14-8-10-18(23,11-9-14)13-5-2-1-3-6-13/h1-7,12,14,23H,8-11H2,(H,21,22). The molecule has 0 unspecified atom stereocenters. The zero-order chi connectivity index (χ0) is 16.3. The number of carbonyl (C=O) groups excluding carboxylic acids is 1. The van der Waals surface area contributed by atoms with Crippen LogP contribution in [0.25, 0.3) is 0 Å². The van der Waals surface area contributed by atoms with Crippen molar-refractivity contribution in [2.45, 2.75) is 37.3 Å². The van der Waals surface area contributed by atoms with Crippen molar-refractivity contribution in [1.82, 2.24) is 10.3 Å². The number of nitrogens with one attached hydrogen (secondary N) is 1. The predicted molar refractivity (Wildman–Crippen MR) is 89.3 cm³/mol. The summed E-state index contributed by atoms with van der Waals surface area (Å²) in [6.07, 6.45) is 4.24. The van der Waals surface area contributed by atoms with Crippen LogP contribution in [0.5, 0.6) is 0 Å². The number of pyridine rings is 1. The first-order valence-electron chi connectivity index (χ1n) is 7.78. The maximum atomic E-state index is 12.2. The van der Waals surface area contributed by atoms with E-state index in [0.29, 0.717) is 17.9 Å². The van der Waals surface area contributed by atoms with Gasteiger partial charge in [-0.2, -0.15) is 0 Å². The molecular weight excluding hydrogens is 312 g/mol. The summed E-state index contributed by atoms with van der Waals surface area (Å²) < 4.78 is 0. The summed E-state index contributed by atoms with van der Waals surface area (Å²) in [6, 6.07) is 13.1. The zero-order valence-electron chi connectivity index (χ0n) is 12.7. The molecule has 2 N–H and O–H groups in total. The van der Waals surface area contributed by atoms with Crippen LogP contribution in [0, 0.1) is 0 Å². The molecule has 5 heteroatoms. The van der Waals surface area contributed by atoms with E-state index >= 15 is 0 Å². The van der Waals surface area contributed by atoms with Crippen LogP contribution in [0.3, 0.4) is 0 Å². The third kappa shape index (κ3) is 3.54. The highest BCUT2D eigenvalue weighted by molar-refractivity contribution is 6.33. The van der Waals surface area contributed by atoms with E-state index in [2.05, 4.69) is 10.3 Å². The minimum atomic E-state index is -0.800. The number of carbonyl (C=O) groups is 1. The van der Waals surface area contributed by atoms with Crippen LogP contribution in [0.2, 0.25) is 5.02 Å². The van der Waals surface area contributed by atoms with Crippen LogP contribution in [0.15, 0.2) is 48.7 Å². The van der Waals surface area contributed by atoms with Crippen molar-refractivity contribution in [3.63, 3.8) is 0 Å². The lowest BCUT2D eigenvalue weighted by atomic mass is 9.78. The molecule has 2 aromatic rings. The summed E-state index contributed by atoms with van der Waals surface area (Å²) in [4.78, 5) is 16.3. The van der Waals surface area contributed by atoms with E-state index < -0.39 is 5.60 Å². The number of aromatic nitrogens is 1. The Hall–Kier alpha value is -1.91. The number of aliphatic hydroxyl groups is 1. The molecule has 1 amide bonds. The van der Waals surface area contributed by atoms with Gasteiger partial charge in [0, 0.05) is 12.2 Å². The molecule has 0 aliphatic heterocycles. The lowest BCUT2D eigenvalue weighted by Crippen LogP contribution is -2.42. The molecule has 1 aromatic heterocycles. The molecule has 1 aliphatic carbocycles. The highest BCUT2D eigenvalue weighted by Crippen LogP contribution is 2.37. The number of amides is 1. The van der Waals surface area contributed by atoms with Crippen molar-refractivity contribution in [3.8, 4) is 0 Å². The Morgan fingerprint density at radius 1 is 1.17 bits per heavy atom. The molecule has 1 heterocycles. The molecule has 0 bridgehead atoms. The number of hydrogen-bond donors (Lipinski definition) is 2. The van der Waals surface area contributed by atoms with Crippen molar-refractivity contribution in [2.24, 2.45) is 0 Å². The summed E-state index contributed by atoms with van der Waals surface area (Å²) in [6.45, 7) is 0. The molecule has 1 aromatic carbocycles. The van der Waals surface area contributed by atoms with Gasteiger partial charge in [0.05, 0.1) is 10.6 Å². The number of rotatable bonds is 3. The van der Waals surface area contributed by atoms with E-state index in [1.807, 2.05) is 30.3 Å². The fourth-order valence-electron chi connectivity index (χ4n) is 3.08. The zero-order valence-corrected chi connectivity index (χ0v) is 13.5. The Kier molecular flexibility index (Phi) is 4.64. The molecule has 3 rings (SSSR count). The van der Waals surface area contributed by atoms with Crippen LogP contribution in [0.1, 0.15) is 41.7 Å². The van der Waals surface area contributed by atoms with Gasteiger partial charge in [0.1, 0.15) is 5.69 Å². The van der Waals surface area contributed by atoms with E-state index in [0.717, 1.165) is 18.4 Å². The van der Waals surface area contributed by atoms with Crippen LogP contribution in [-0.2, 0) is 5.60 Å². The highest BCUT2D eigenvalue weighted by atomic mass is 35.5. The number of nitrogens with zero attached hydrogens (tertiary/aromatic N) is 1. The molecular formula is C18H19ClN2O2. The van der Waals surface area contributed by atoms with Gasteiger partial charge in [0.25, 0.3) is 5.91 Å². The van der Waals surface area contributed by atoms with Gasteiger partial charge in [0.15, 0.2) is 0 Å². The molecule has 0 saturated heterocycles.